The van der Waals surface area contributed by atoms with Gasteiger partial charge in [0, 0.05) is 69.6 Å². The maximum atomic E-state index is 0. The van der Waals surface area contributed by atoms with Crippen molar-refractivity contribution in [3.05, 3.63) is 0 Å². The predicted octanol–water partition coefficient (Wildman–Crippen LogP) is -0.656. The van der Waals surface area contributed by atoms with Gasteiger partial charge in [-0.1, -0.05) is 0 Å². The Labute approximate surface area is 134 Å². The SMILES string of the molecule is [CsH].[Ni].[Re].[Y]. The molecule has 0 amide bonds. The maximum Gasteiger partial charge on any atom is 0 e. The average Bonchev–Trinajstić information content (AvgIpc) is 0. The normalized spacial score (nSPS) is 0. The third-order valence-corrected chi connectivity index (χ3v) is 0. The number of rotatable bonds is 0. The molecule has 0 rings (SSSR count). The van der Waals surface area contributed by atoms with Crippen LogP contribution in [0.1, 0.15) is 0 Å². The molecule has 0 heterocycles. The van der Waals surface area contributed by atoms with Crippen LogP contribution in [0.15, 0.2) is 0 Å². The minimum Gasteiger partial charge on any atom is 0 e. The Morgan fingerprint density at radius 2 is 1.00 bits per heavy atom. The molecule has 0 aliphatic rings. The van der Waals surface area contributed by atoms with Crippen LogP contribution in [0.4, 0.5) is 0 Å². The molecule has 0 nitrogen and oxygen atoms in total. The average molecular weight is 468 g/mol. The van der Waals surface area contributed by atoms with Crippen molar-refractivity contribution in [3.63, 3.8) is 0 Å². The van der Waals surface area contributed by atoms with Gasteiger partial charge in [0.05, 0.1) is 0 Å². The molecular formula is HCsNiReY. The number of hydrogen-bond acceptors (Lipinski definition) is 0. The minimum absolute atomic E-state index is 0. The van der Waals surface area contributed by atoms with Crippen LogP contribution in [-0.2, 0) is 69.6 Å². The molecule has 4 heavy (non-hydrogen) atoms. The molecule has 0 bridgehead atoms. The molecule has 0 atom stereocenters. The Balaban J connectivity index is 0. The monoisotopic (exact) mass is 468 g/mol. The van der Waals surface area contributed by atoms with E-state index in [0.29, 0.717) is 0 Å². The van der Waals surface area contributed by atoms with Gasteiger partial charge in [0.1, 0.15) is 0 Å². The van der Waals surface area contributed by atoms with Gasteiger partial charge in [-0.25, -0.2) is 0 Å². The fourth-order valence-corrected chi connectivity index (χ4v) is 0. The van der Waals surface area contributed by atoms with Gasteiger partial charge < -0.3 is 0 Å². The van der Waals surface area contributed by atoms with Crippen LogP contribution in [0.5, 0.6) is 0 Å². The van der Waals surface area contributed by atoms with Gasteiger partial charge in [0.15, 0.2) is 0 Å². The van der Waals surface area contributed by atoms with E-state index in [2.05, 4.69) is 0 Å². The molecule has 0 unspecified atom stereocenters. The van der Waals surface area contributed by atoms with E-state index in [1.807, 2.05) is 0 Å². The summed E-state index contributed by atoms with van der Waals surface area (Å²) in [5.74, 6) is 0. The van der Waals surface area contributed by atoms with Crippen molar-refractivity contribution in [2.24, 2.45) is 0 Å². The molecule has 0 saturated heterocycles. The van der Waals surface area contributed by atoms with Gasteiger partial charge in [0.2, 0.25) is 0 Å². The topological polar surface area (TPSA) is 0 Å². The summed E-state index contributed by atoms with van der Waals surface area (Å²) in [7, 11) is 0. The van der Waals surface area contributed by atoms with Crippen LogP contribution in [-0.4, -0.2) is 68.9 Å². The Hall–Kier alpha value is 4.31. The Morgan fingerprint density at radius 3 is 1.00 bits per heavy atom. The molecule has 22 valence electrons. The van der Waals surface area contributed by atoms with E-state index >= 15 is 0 Å². The second kappa shape index (κ2) is 15.7. The third-order valence-electron chi connectivity index (χ3n) is 0. The predicted molar refractivity (Wildman–Crippen MR) is 7.15 cm³/mol. The molecule has 0 aromatic carbocycles. The smallest absolute Gasteiger partial charge is 0 e. The van der Waals surface area contributed by atoms with Crippen LogP contribution < -0.4 is 0 Å². The molecule has 4 heteroatoms. The van der Waals surface area contributed by atoms with E-state index in [0.717, 1.165) is 0 Å². The Morgan fingerprint density at radius 1 is 1.00 bits per heavy atom. The van der Waals surface area contributed by atoms with Crippen molar-refractivity contribution in [2.75, 3.05) is 0 Å². The zero-order valence-electron chi connectivity index (χ0n) is 1.27. The molecule has 0 fully saturated rings. The van der Waals surface area contributed by atoms with E-state index < -0.39 is 0 Å². The molecule has 0 spiro atoms. The molecule has 2 radical (unpaired) electrons. The molecule has 0 aliphatic heterocycles. The van der Waals surface area contributed by atoms with Crippen LogP contribution in [0.3, 0.4) is 0 Å². The second-order valence-corrected chi connectivity index (χ2v) is 0. The summed E-state index contributed by atoms with van der Waals surface area (Å²) in [6.45, 7) is 0. The van der Waals surface area contributed by atoms with Crippen molar-refractivity contribution in [1.82, 2.24) is 0 Å². The summed E-state index contributed by atoms with van der Waals surface area (Å²) in [6, 6.07) is 0. The summed E-state index contributed by atoms with van der Waals surface area (Å²) in [5.41, 5.74) is 0. The first kappa shape index (κ1) is 23.9. The van der Waals surface area contributed by atoms with Crippen LogP contribution in [0.25, 0.3) is 0 Å². The largest absolute Gasteiger partial charge is 0 e. The zero-order chi connectivity index (χ0) is 0. The quantitative estimate of drug-likeness (QED) is 0.415. The molecule has 0 aromatic heterocycles. The molecular weight excluding hydrogens is 467 g/mol. The van der Waals surface area contributed by atoms with Crippen molar-refractivity contribution in [2.45, 2.75) is 0 Å². The fourth-order valence-electron chi connectivity index (χ4n) is 0. The first-order valence-electron chi connectivity index (χ1n) is 0. The zero-order valence-corrected chi connectivity index (χ0v) is 7.81. The van der Waals surface area contributed by atoms with E-state index in [1.54, 1.807) is 0 Å². The maximum absolute atomic E-state index is 0. The van der Waals surface area contributed by atoms with Crippen molar-refractivity contribution >= 4 is 68.9 Å². The van der Waals surface area contributed by atoms with Gasteiger partial charge in [-0.2, -0.15) is 0 Å². The summed E-state index contributed by atoms with van der Waals surface area (Å²) >= 11 is 0. The van der Waals surface area contributed by atoms with E-state index in [-0.39, 0.29) is 139 Å². The summed E-state index contributed by atoms with van der Waals surface area (Å²) in [4.78, 5) is 0. The van der Waals surface area contributed by atoms with Crippen LogP contribution in [0.2, 0.25) is 0 Å². The van der Waals surface area contributed by atoms with Crippen molar-refractivity contribution in [3.8, 4) is 0 Å². The third kappa shape index (κ3) is 9.58. The first-order chi connectivity index (χ1) is 0. The van der Waals surface area contributed by atoms with E-state index in [9.17, 15) is 0 Å². The minimum atomic E-state index is 0. The Kier molecular flexibility index (Phi) is 93.6. The molecule has 0 aliphatic carbocycles. The van der Waals surface area contributed by atoms with Gasteiger partial charge >= 0.3 is 68.9 Å². The van der Waals surface area contributed by atoms with Crippen LogP contribution >= 0.6 is 0 Å². The molecule has 0 aromatic rings. The van der Waals surface area contributed by atoms with Gasteiger partial charge in [0.25, 0.3) is 0 Å². The van der Waals surface area contributed by atoms with Gasteiger partial charge in [-0.05, 0) is 0 Å². The summed E-state index contributed by atoms with van der Waals surface area (Å²) < 4.78 is 0. The van der Waals surface area contributed by atoms with Crippen LogP contribution in [0, 0.1) is 0 Å². The summed E-state index contributed by atoms with van der Waals surface area (Å²) in [5, 5.41) is 0. The fraction of sp³-hybridized carbons (Fsp3) is 0. The van der Waals surface area contributed by atoms with E-state index in [1.165, 1.54) is 0 Å². The van der Waals surface area contributed by atoms with E-state index in [4.69, 9.17) is 0 Å². The first-order valence-corrected chi connectivity index (χ1v) is 0. The number of hydrogen-bond donors (Lipinski definition) is 0. The standard InChI is InChI=1S/Cs.Ni.Re.Y.H. The summed E-state index contributed by atoms with van der Waals surface area (Å²) in [6.07, 6.45) is 0. The van der Waals surface area contributed by atoms with Gasteiger partial charge in [-0.15, -0.1) is 0 Å². The molecule has 0 N–H and O–H groups in total. The van der Waals surface area contributed by atoms with Gasteiger partial charge in [-0.3, -0.25) is 0 Å². The van der Waals surface area contributed by atoms with Crippen molar-refractivity contribution < 1.29 is 69.6 Å². The molecule has 0 saturated carbocycles. The Bertz CT molecular complexity index is 8.00. The second-order valence-electron chi connectivity index (χ2n) is 0. The van der Waals surface area contributed by atoms with Crippen molar-refractivity contribution in [1.29, 1.82) is 0 Å².